The normalized spacial score (nSPS) is 29.6. The van der Waals surface area contributed by atoms with Crippen LogP contribution in [0.2, 0.25) is 0 Å². The van der Waals surface area contributed by atoms with E-state index >= 15 is 0 Å². The van der Waals surface area contributed by atoms with Crippen LogP contribution in [-0.4, -0.2) is 43.3 Å². The molecule has 2 rings (SSSR count). The Bertz CT molecular complexity index is 200. The first-order valence-corrected chi connectivity index (χ1v) is 5.52. The third kappa shape index (κ3) is 2.18. The van der Waals surface area contributed by atoms with Crippen molar-refractivity contribution in [2.24, 2.45) is 0 Å². The summed E-state index contributed by atoms with van der Waals surface area (Å²) in [5, 5.41) is 3.37. The van der Waals surface area contributed by atoms with E-state index in [4.69, 9.17) is 4.74 Å². The first-order valence-electron chi connectivity index (χ1n) is 5.52. The van der Waals surface area contributed by atoms with E-state index in [0.717, 1.165) is 32.5 Å². The van der Waals surface area contributed by atoms with Gasteiger partial charge in [0.2, 0.25) is 0 Å². The number of amides is 1. The smallest absolute Gasteiger partial charge is 0.410 e. The molecule has 14 heavy (non-hydrogen) atoms. The number of rotatable bonds is 1. The molecule has 0 saturated carbocycles. The third-order valence-corrected chi connectivity index (χ3v) is 2.97. The van der Waals surface area contributed by atoms with Gasteiger partial charge in [-0.1, -0.05) is 6.42 Å². The van der Waals surface area contributed by atoms with Crippen LogP contribution in [0.5, 0.6) is 0 Å². The molecule has 4 heteroatoms. The molecule has 0 aromatic heterocycles. The fraction of sp³-hybridized carbons (Fsp3) is 0.900. The second kappa shape index (κ2) is 4.64. The molecule has 1 N–H and O–H groups in total. The monoisotopic (exact) mass is 198 g/mol. The minimum Gasteiger partial charge on any atom is -0.449 e. The number of nitrogens with zero attached hydrogens (tertiary/aromatic N) is 1. The van der Waals surface area contributed by atoms with Crippen molar-refractivity contribution in [1.29, 1.82) is 0 Å². The fourth-order valence-electron chi connectivity index (χ4n) is 2.17. The van der Waals surface area contributed by atoms with Crippen LogP contribution in [0.25, 0.3) is 0 Å². The van der Waals surface area contributed by atoms with Gasteiger partial charge in [-0.25, -0.2) is 4.79 Å². The average Bonchev–Trinajstić information content (AvgIpc) is 2.47. The Morgan fingerprint density at radius 2 is 2.29 bits per heavy atom. The molecule has 0 aliphatic carbocycles. The molecule has 2 saturated heterocycles. The molecule has 2 aliphatic heterocycles. The summed E-state index contributed by atoms with van der Waals surface area (Å²) < 4.78 is 5.04. The molecule has 0 bridgehead atoms. The summed E-state index contributed by atoms with van der Waals surface area (Å²) >= 11 is 0. The summed E-state index contributed by atoms with van der Waals surface area (Å²) in [4.78, 5) is 13.4. The Balaban J connectivity index is 1.93. The summed E-state index contributed by atoms with van der Waals surface area (Å²) in [6.07, 6.45) is 4.40. The standard InChI is InChI=1S/C10H18N2O2/c13-10-12(6-3-7-14-10)9-4-1-2-5-11-8-9/h9,11H,1-8H2. The number of hydrogen-bond donors (Lipinski definition) is 1. The maximum atomic E-state index is 11.5. The van der Waals surface area contributed by atoms with Gasteiger partial charge in [-0.15, -0.1) is 0 Å². The van der Waals surface area contributed by atoms with Crippen LogP contribution >= 0.6 is 0 Å². The largest absolute Gasteiger partial charge is 0.449 e. The van der Waals surface area contributed by atoms with E-state index in [-0.39, 0.29) is 6.09 Å². The zero-order valence-corrected chi connectivity index (χ0v) is 8.50. The van der Waals surface area contributed by atoms with E-state index in [0.29, 0.717) is 12.6 Å². The minimum absolute atomic E-state index is 0.120. The van der Waals surface area contributed by atoms with Crippen molar-refractivity contribution >= 4 is 6.09 Å². The van der Waals surface area contributed by atoms with Crippen LogP contribution in [0.3, 0.4) is 0 Å². The van der Waals surface area contributed by atoms with Crippen molar-refractivity contribution in [1.82, 2.24) is 10.2 Å². The highest BCUT2D eigenvalue weighted by Gasteiger charge is 2.27. The van der Waals surface area contributed by atoms with Gasteiger partial charge in [-0.3, -0.25) is 0 Å². The van der Waals surface area contributed by atoms with Crippen molar-refractivity contribution in [2.45, 2.75) is 31.7 Å². The average molecular weight is 198 g/mol. The van der Waals surface area contributed by atoms with Gasteiger partial charge in [0.25, 0.3) is 0 Å². The van der Waals surface area contributed by atoms with Crippen LogP contribution in [0.15, 0.2) is 0 Å². The number of ether oxygens (including phenoxy) is 1. The highest BCUT2D eigenvalue weighted by atomic mass is 16.6. The van der Waals surface area contributed by atoms with Crippen molar-refractivity contribution < 1.29 is 9.53 Å². The molecule has 0 aromatic rings. The molecule has 1 unspecified atom stereocenters. The SMILES string of the molecule is O=C1OCCCN1C1CCCCNC1. The maximum Gasteiger partial charge on any atom is 0.410 e. The van der Waals surface area contributed by atoms with Crippen LogP contribution in [0, 0.1) is 0 Å². The number of cyclic esters (lactones) is 1. The first kappa shape index (κ1) is 9.77. The quantitative estimate of drug-likeness (QED) is 0.682. The lowest BCUT2D eigenvalue weighted by Crippen LogP contribution is -2.48. The van der Waals surface area contributed by atoms with Gasteiger partial charge in [0.05, 0.1) is 6.61 Å². The van der Waals surface area contributed by atoms with Crippen molar-refractivity contribution in [3.8, 4) is 0 Å². The Kier molecular flexibility index (Phi) is 3.24. The summed E-state index contributed by atoms with van der Waals surface area (Å²) in [7, 11) is 0. The number of carbonyl (C=O) groups excluding carboxylic acids is 1. The summed E-state index contributed by atoms with van der Waals surface area (Å²) in [5.74, 6) is 0. The van der Waals surface area contributed by atoms with Gasteiger partial charge in [0, 0.05) is 19.1 Å². The molecule has 1 atom stereocenters. The molecule has 2 fully saturated rings. The highest BCUT2D eigenvalue weighted by Crippen LogP contribution is 2.15. The summed E-state index contributed by atoms with van der Waals surface area (Å²) in [6.45, 7) is 3.47. The topological polar surface area (TPSA) is 41.6 Å². The third-order valence-electron chi connectivity index (χ3n) is 2.97. The molecule has 0 radical (unpaired) electrons. The lowest BCUT2D eigenvalue weighted by atomic mass is 10.1. The van der Waals surface area contributed by atoms with E-state index in [1.54, 1.807) is 0 Å². The van der Waals surface area contributed by atoms with E-state index in [1.165, 1.54) is 12.8 Å². The molecular weight excluding hydrogens is 180 g/mol. The molecule has 1 amide bonds. The summed E-state index contributed by atoms with van der Waals surface area (Å²) in [5.41, 5.74) is 0. The second-order valence-corrected chi connectivity index (χ2v) is 4.02. The lowest BCUT2D eigenvalue weighted by Gasteiger charge is -2.33. The van der Waals surface area contributed by atoms with Crippen molar-refractivity contribution in [3.63, 3.8) is 0 Å². The van der Waals surface area contributed by atoms with Crippen LogP contribution in [-0.2, 0) is 4.74 Å². The lowest BCUT2D eigenvalue weighted by molar-refractivity contribution is 0.0540. The number of hydrogen-bond acceptors (Lipinski definition) is 3. The van der Waals surface area contributed by atoms with Crippen LogP contribution in [0.4, 0.5) is 4.79 Å². The van der Waals surface area contributed by atoms with E-state index < -0.39 is 0 Å². The Hall–Kier alpha value is -0.770. The first-order chi connectivity index (χ1) is 6.88. The summed E-state index contributed by atoms with van der Waals surface area (Å²) in [6, 6.07) is 0.352. The van der Waals surface area contributed by atoms with Gasteiger partial charge >= 0.3 is 6.09 Å². The zero-order chi connectivity index (χ0) is 9.80. The van der Waals surface area contributed by atoms with Gasteiger partial charge < -0.3 is 15.0 Å². The minimum atomic E-state index is -0.120. The van der Waals surface area contributed by atoms with Gasteiger partial charge in [-0.2, -0.15) is 0 Å². The fourth-order valence-corrected chi connectivity index (χ4v) is 2.17. The predicted molar refractivity (Wildman–Crippen MR) is 53.2 cm³/mol. The van der Waals surface area contributed by atoms with Gasteiger partial charge in [-0.05, 0) is 25.8 Å². The zero-order valence-electron chi connectivity index (χ0n) is 8.50. The maximum absolute atomic E-state index is 11.5. The Morgan fingerprint density at radius 1 is 1.36 bits per heavy atom. The van der Waals surface area contributed by atoms with Crippen molar-refractivity contribution in [3.05, 3.63) is 0 Å². The Labute approximate surface area is 84.6 Å². The number of nitrogens with one attached hydrogen (secondary N) is 1. The molecule has 0 aromatic carbocycles. The molecule has 2 aliphatic rings. The van der Waals surface area contributed by atoms with E-state index in [1.807, 2.05) is 4.90 Å². The number of carbonyl (C=O) groups is 1. The van der Waals surface area contributed by atoms with E-state index in [2.05, 4.69) is 5.32 Å². The Morgan fingerprint density at radius 3 is 3.14 bits per heavy atom. The predicted octanol–water partition coefficient (Wildman–Crippen LogP) is 0.971. The second-order valence-electron chi connectivity index (χ2n) is 4.02. The van der Waals surface area contributed by atoms with Crippen LogP contribution in [0.1, 0.15) is 25.7 Å². The van der Waals surface area contributed by atoms with Gasteiger partial charge in [0.1, 0.15) is 0 Å². The molecule has 0 spiro atoms. The van der Waals surface area contributed by atoms with E-state index in [9.17, 15) is 4.79 Å². The van der Waals surface area contributed by atoms with Crippen LogP contribution < -0.4 is 5.32 Å². The molecule has 4 nitrogen and oxygen atoms in total. The molecule has 2 heterocycles. The van der Waals surface area contributed by atoms with Crippen molar-refractivity contribution in [2.75, 3.05) is 26.2 Å². The van der Waals surface area contributed by atoms with Gasteiger partial charge in [0.15, 0.2) is 0 Å². The highest BCUT2D eigenvalue weighted by molar-refractivity contribution is 5.68. The molecule has 80 valence electrons. The molecular formula is C10H18N2O2.